The first-order valence-electron chi connectivity index (χ1n) is 10.4. The van der Waals surface area contributed by atoms with E-state index in [0.717, 1.165) is 32.3 Å². The van der Waals surface area contributed by atoms with Crippen LogP contribution in [0.4, 0.5) is 4.39 Å². The van der Waals surface area contributed by atoms with E-state index in [9.17, 15) is 14.3 Å². The monoisotopic (exact) mass is 500 g/mol. The summed E-state index contributed by atoms with van der Waals surface area (Å²) in [6.07, 6.45) is 0.647. The average Bonchev–Trinajstić information content (AvgIpc) is 2.76. The molecular formula is C26H26BrFO4. The maximum Gasteiger partial charge on any atom is 0.344 e. The molecule has 3 aromatic carbocycles. The predicted octanol–water partition coefficient (Wildman–Crippen LogP) is 6.29. The summed E-state index contributed by atoms with van der Waals surface area (Å²) in [5.41, 5.74) is 4.85. The number of carbonyl (C=O) groups is 1. The van der Waals surface area contributed by atoms with Gasteiger partial charge in [-0.2, -0.15) is 0 Å². The van der Waals surface area contributed by atoms with Gasteiger partial charge < -0.3 is 14.6 Å². The topological polar surface area (TPSA) is 55.8 Å². The van der Waals surface area contributed by atoms with Crippen LogP contribution < -0.4 is 4.74 Å². The maximum absolute atomic E-state index is 13.3. The van der Waals surface area contributed by atoms with Crippen LogP contribution in [0.15, 0.2) is 59.1 Å². The molecule has 0 radical (unpaired) electrons. The molecule has 0 heterocycles. The number of aromatic hydroxyl groups is 1. The molecule has 1 unspecified atom stereocenters. The Kier molecular flexibility index (Phi) is 7.91. The van der Waals surface area contributed by atoms with E-state index in [1.807, 2.05) is 38.1 Å². The number of phenols is 1. The molecule has 0 aliphatic heterocycles. The molecule has 6 heteroatoms. The summed E-state index contributed by atoms with van der Waals surface area (Å²) in [6, 6.07) is 15.6. The zero-order valence-electron chi connectivity index (χ0n) is 18.3. The van der Waals surface area contributed by atoms with Crippen molar-refractivity contribution in [2.24, 2.45) is 0 Å². The van der Waals surface area contributed by atoms with Crippen molar-refractivity contribution in [1.29, 1.82) is 0 Å². The van der Waals surface area contributed by atoms with Crippen LogP contribution >= 0.6 is 15.9 Å². The Morgan fingerprint density at radius 1 is 1.12 bits per heavy atom. The summed E-state index contributed by atoms with van der Waals surface area (Å²) < 4.78 is 24.6. The zero-order chi connectivity index (χ0) is 23.3. The minimum Gasteiger partial charge on any atom is -0.508 e. The van der Waals surface area contributed by atoms with Crippen molar-refractivity contribution >= 4 is 21.9 Å². The third-order valence-electron chi connectivity index (χ3n) is 5.36. The second-order valence-corrected chi connectivity index (χ2v) is 8.49. The van der Waals surface area contributed by atoms with Gasteiger partial charge in [0.25, 0.3) is 0 Å². The number of phenolic OH excluding ortho intramolecular Hbond substituents is 1. The first kappa shape index (κ1) is 23.8. The first-order valence-corrected chi connectivity index (χ1v) is 11.2. The lowest BCUT2D eigenvalue weighted by molar-refractivity contribution is -0.145. The molecule has 0 saturated carbocycles. The molecule has 0 saturated heterocycles. The third-order valence-corrected chi connectivity index (χ3v) is 6.07. The van der Waals surface area contributed by atoms with Crippen LogP contribution in [0.3, 0.4) is 0 Å². The Hall–Kier alpha value is -2.86. The van der Waals surface area contributed by atoms with E-state index >= 15 is 0 Å². The highest BCUT2D eigenvalue weighted by atomic mass is 79.9. The fourth-order valence-corrected chi connectivity index (χ4v) is 4.27. The smallest absolute Gasteiger partial charge is 0.344 e. The Bertz CT molecular complexity index is 1070. The SMILES string of the molecule is CCOC(=O)COc1cc(C)c(Cc2ccc(O)c(C(C)c3ccc(F)cc3)c2)c(Br)c1. The van der Waals surface area contributed by atoms with Crippen LogP contribution in [0, 0.1) is 12.7 Å². The van der Waals surface area contributed by atoms with Gasteiger partial charge in [-0.05, 0) is 72.9 Å². The number of benzene rings is 3. The van der Waals surface area contributed by atoms with Gasteiger partial charge in [0.05, 0.1) is 6.61 Å². The molecule has 0 spiro atoms. The standard InChI is InChI=1S/C26H26BrFO4/c1-4-31-26(30)15-32-21-11-16(2)22(24(27)14-21)12-18-5-10-25(29)23(13-18)17(3)19-6-8-20(28)9-7-19/h5-11,13-14,17,29H,4,12,15H2,1-3H3. The maximum atomic E-state index is 13.3. The van der Waals surface area contributed by atoms with Crippen molar-refractivity contribution in [3.63, 3.8) is 0 Å². The van der Waals surface area contributed by atoms with Gasteiger partial charge in [-0.15, -0.1) is 0 Å². The molecule has 1 atom stereocenters. The minimum absolute atomic E-state index is 0.0845. The van der Waals surface area contributed by atoms with E-state index in [2.05, 4.69) is 15.9 Å². The molecule has 0 aromatic heterocycles. The number of esters is 1. The van der Waals surface area contributed by atoms with E-state index < -0.39 is 5.97 Å². The predicted molar refractivity (Wildman–Crippen MR) is 126 cm³/mol. The van der Waals surface area contributed by atoms with Crippen molar-refractivity contribution in [2.75, 3.05) is 13.2 Å². The van der Waals surface area contributed by atoms with Crippen molar-refractivity contribution in [3.8, 4) is 11.5 Å². The highest BCUT2D eigenvalue weighted by Crippen LogP contribution is 2.34. The lowest BCUT2D eigenvalue weighted by Crippen LogP contribution is -2.14. The largest absolute Gasteiger partial charge is 0.508 e. The van der Waals surface area contributed by atoms with Crippen LogP contribution in [0.5, 0.6) is 11.5 Å². The Morgan fingerprint density at radius 2 is 1.84 bits per heavy atom. The number of aryl methyl sites for hydroxylation is 1. The van der Waals surface area contributed by atoms with Gasteiger partial charge in [-0.1, -0.05) is 47.1 Å². The molecule has 0 fully saturated rings. The average molecular weight is 501 g/mol. The van der Waals surface area contributed by atoms with E-state index in [0.29, 0.717) is 18.8 Å². The molecule has 0 aliphatic rings. The molecule has 0 bridgehead atoms. The second-order valence-electron chi connectivity index (χ2n) is 7.64. The van der Waals surface area contributed by atoms with Crippen molar-refractivity contribution in [2.45, 2.75) is 33.1 Å². The van der Waals surface area contributed by atoms with Crippen molar-refractivity contribution < 1.29 is 23.8 Å². The zero-order valence-corrected chi connectivity index (χ0v) is 19.9. The van der Waals surface area contributed by atoms with Crippen molar-refractivity contribution in [3.05, 3.63) is 92.7 Å². The van der Waals surface area contributed by atoms with E-state index in [1.165, 1.54) is 12.1 Å². The summed E-state index contributed by atoms with van der Waals surface area (Å²) in [5, 5.41) is 10.4. The number of halogens is 2. The lowest BCUT2D eigenvalue weighted by Gasteiger charge is -2.17. The summed E-state index contributed by atoms with van der Waals surface area (Å²) in [4.78, 5) is 11.5. The van der Waals surface area contributed by atoms with Crippen LogP contribution in [0.1, 0.15) is 47.6 Å². The Balaban J connectivity index is 1.80. The number of ether oxygens (including phenoxy) is 2. The molecule has 0 amide bonds. The number of hydrogen-bond acceptors (Lipinski definition) is 4. The van der Waals surface area contributed by atoms with Gasteiger partial charge in [-0.3, -0.25) is 0 Å². The van der Waals surface area contributed by atoms with Crippen LogP contribution in [-0.2, 0) is 16.0 Å². The highest BCUT2D eigenvalue weighted by molar-refractivity contribution is 9.10. The summed E-state index contributed by atoms with van der Waals surface area (Å²) in [5.74, 6) is 0.0245. The molecule has 4 nitrogen and oxygen atoms in total. The number of carbonyl (C=O) groups excluding carboxylic acids is 1. The summed E-state index contributed by atoms with van der Waals surface area (Å²) >= 11 is 3.62. The van der Waals surface area contributed by atoms with E-state index in [1.54, 1.807) is 25.1 Å². The van der Waals surface area contributed by atoms with Gasteiger partial charge in [0.2, 0.25) is 0 Å². The van der Waals surface area contributed by atoms with Gasteiger partial charge in [0, 0.05) is 16.0 Å². The molecular weight excluding hydrogens is 475 g/mol. The van der Waals surface area contributed by atoms with E-state index in [4.69, 9.17) is 9.47 Å². The van der Waals surface area contributed by atoms with Crippen LogP contribution in [0.2, 0.25) is 0 Å². The number of rotatable bonds is 8. The molecule has 0 aliphatic carbocycles. The fourth-order valence-electron chi connectivity index (χ4n) is 3.59. The van der Waals surface area contributed by atoms with Gasteiger partial charge >= 0.3 is 5.97 Å². The molecule has 3 rings (SSSR count). The molecule has 3 aromatic rings. The summed E-state index contributed by atoms with van der Waals surface area (Å²) in [6.45, 7) is 5.91. The van der Waals surface area contributed by atoms with Crippen molar-refractivity contribution in [1.82, 2.24) is 0 Å². The van der Waals surface area contributed by atoms with Gasteiger partial charge in [0.15, 0.2) is 6.61 Å². The Labute approximate surface area is 196 Å². The fraction of sp³-hybridized carbons (Fsp3) is 0.269. The van der Waals surface area contributed by atoms with Gasteiger partial charge in [-0.25, -0.2) is 9.18 Å². The van der Waals surface area contributed by atoms with Crippen LogP contribution in [0.25, 0.3) is 0 Å². The van der Waals surface area contributed by atoms with Crippen LogP contribution in [-0.4, -0.2) is 24.3 Å². The number of hydrogen-bond donors (Lipinski definition) is 1. The summed E-state index contributed by atoms with van der Waals surface area (Å²) in [7, 11) is 0. The molecule has 168 valence electrons. The molecule has 1 N–H and O–H groups in total. The quantitative estimate of drug-likeness (QED) is 0.369. The van der Waals surface area contributed by atoms with Gasteiger partial charge in [0.1, 0.15) is 17.3 Å². The second kappa shape index (κ2) is 10.6. The highest BCUT2D eigenvalue weighted by Gasteiger charge is 2.15. The molecule has 32 heavy (non-hydrogen) atoms. The van der Waals surface area contributed by atoms with E-state index in [-0.39, 0.29) is 24.1 Å². The normalized spacial score (nSPS) is 11.8. The first-order chi connectivity index (χ1) is 15.3. The minimum atomic E-state index is -0.405. The lowest BCUT2D eigenvalue weighted by atomic mass is 9.90. The third kappa shape index (κ3) is 5.88. The Morgan fingerprint density at radius 3 is 2.50 bits per heavy atom.